The smallest absolute Gasteiger partial charge is 0.408 e. The molecule has 0 amide bonds. The van der Waals surface area contributed by atoms with E-state index in [4.69, 9.17) is 4.42 Å². The monoisotopic (exact) mass is 336 g/mol. The first-order chi connectivity index (χ1) is 10.9. The van der Waals surface area contributed by atoms with Gasteiger partial charge in [0.05, 0.1) is 10.4 Å². The molecule has 3 aromatic rings. The van der Waals surface area contributed by atoms with Crippen LogP contribution < -0.4 is 10.5 Å². The number of halogens is 1. The van der Waals surface area contributed by atoms with E-state index in [-0.39, 0.29) is 17.3 Å². The maximum Gasteiger partial charge on any atom is 0.417 e. The predicted octanol–water partition coefficient (Wildman–Crippen LogP) is 1.78. The second kappa shape index (κ2) is 5.98. The van der Waals surface area contributed by atoms with Crippen LogP contribution in [0.5, 0.6) is 0 Å². The minimum Gasteiger partial charge on any atom is -0.408 e. The molecule has 0 radical (unpaired) electrons. The average molecular weight is 336 g/mol. The molecule has 0 atom stereocenters. The molecule has 0 bridgehead atoms. The Kier molecular flexibility index (Phi) is 4.01. The maximum absolute atomic E-state index is 12.8. The maximum atomic E-state index is 12.8. The molecule has 6 nitrogen and oxygen atoms in total. The van der Waals surface area contributed by atoms with Crippen LogP contribution in [0.3, 0.4) is 0 Å². The van der Waals surface area contributed by atoms with Gasteiger partial charge in [-0.3, -0.25) is 4.98 Å². The van der Waals surface area contributed by atoms with Crippen LogP contribution in [0.2, 0.25) is 0 Å². The van der Waals surface area contributed by atoms with Gasteiger partial charge in [0.15, 0.2) is 5.58 Å². The Balaban J connectivity index is 1.72. The van der Waals surface area contributed by atoms with Gasteiger partial charge in [-0.05, 0) is 42.3 Å². The highest BCUT2D eigenvalue weighted by Crippen LogP contribution is 2.16. The highest BCUT2D eigenvalue weighted by molar-refractivity contribution is 7.89. The predicted molar refractivity (Wildman–Crippen MR) is 82.1 cm³/mol. The quantitative estimate of drug-likeness (QED) is 0.743. The summed E-state index contributed by atoms with van der Waals surface area (Å²) in [7, 11) is -3.71. The number of hydrogen-bond acceptors (Lipinski definition) is 4. The third kappa shape index (κ3) is 3.49. The summed E-state index contributed by atoms with van der Waals surface area (Å²) in [5, 5.41) is 0. The Bertz CT molecular complexity index is 990. The summed E-state index contributed by atoms with van der Waals surface area (Å²) in [5.74, 6) is -0.976. The molecule has 0 fully saturated rings. The zero-order valence-electron chi connectivity index (χ0n) is 11.9. The van der Waals surface area contributed by atoms with Gasteiger partial charge in [-0.2, -0.15) is 0 Å². The topological polar surface area (TPSA) is 92.2 Å². The molecule has 8 heteroatoms. The highest BCUT2D eigenvalue weighted by atomic mass is 32.2. The van der Waals surface area contributed by atoms with Gasteiger partial charge in [0.2, 0.25) is 10.0 Å². The number of aromatic amines is 1. The van der Waals surface area contributed by atoms with E-state index in [1.165, 1.54) is 30.3 Å². The lowest BCUT2D eigenvalue weighted by atomic mass is 10.1. The molecule has 0 aliphatic heterocycles. The largest absolute Gasteiger partial charge is 0.417 e. The van der Waals surface area contributed by atoms with E-state index in [1.807, 2.05) is 0 Å². The average Bonchev–Trinajstić information content (AvgIpc) is 2.88. The molecule has 2 aromatic carbocycles. The zero-order chi connectivity index (χ0) is 16.4. The molecule has 0 aliphatic carbocycles. The summed E-state index contributed by atoms with van der Waals surface area (Å²) in [6.45, 7) is 0.175. The minimum atomic E-state index is -3.71. The van der Waals surface area contributed by atoms with E-state index in [1.54, 1.807) is 12.1 Å². The van der Waals surface area contributed by atoms with Crippen molar-refractivity contribution in [3.8, 4) is 0 Å². The van der Waals surface area contributed by atoms with E-state index in [9.17, 15) is 17.6 Å². The standard InChI is InChI=1S/C15H13FN2O4S/c16-11-3-1-10(2-4-11)7-8-17-23(20,21)12-5-6-14-13(9-12)18-15(19)22-14/h1-6,9,17H,7-8H2,(H,18,19). The van der Waals surface area contributed by atoms with Gasteiger partial charge in [0.25, 0.3) is 0 Å². The van der Waals surface area contributed by atoms with Crippen molar-refractivity contribution in [3.63, 3.8) is 0 Å². The van der Waals surface area contributed by atoms with Crippen LogP contribution >= 0.6 is 0 Å². The molecule has 0 saturated heterocycles. The second-order valence-corrected chi connectivity index (χ2v) is 6.71. The molecule has 1 aromatic heterocycles. The number of hydrogen-bond donors (Lipinski definition) is 2. The molecular weight excluding hydrogens is 323 g/mol. The van der Waals surface area contributed by atoms with Gasteiger partial charge < -0.3 is 4.42 Å². The Morgan fingerprint density at radius 2 is 1.87 bits per heavy atom. The third-order valence-corrected chi connectivity index (χ3v) is 4.78. The van der Waals surface area contributed by atoms with E-state index in [0.29, 0.717) is 17.5 Å². The molecule has 120 valence electrons. The summed E-state index contributed by atoms with van der Waals surface area (Å²) in [5.41, 5.74) is 1.43. The lowest BCUT2D eigenvalue weighted by Gasteiger charge is -2.07. The minimum absolute atomic E-state index is 0.0288. The summed E-state index contributed by atoms with van der Waals surface area (Å²) in [4.78, 5) is 13.5. The van der Waals surface area contributed by atoms with Crippen molar-refractivity contribution in [2.45, 2.75) is 11.3 Å². The van der Waals surface area contributed by atoms with Crippen molar-refractivity contribution >= 4 is 21.1 Å². The molecule has 0 aliphatic rings. The Morgan fingerprint density at radius 3 is 2.61 bits per heavy atom. The lowest BCUT2D eigenvalue weighted by Crippen LogP contribution is -2.26. The molecule has 23 heavy (non-hydrogen) atoms. The molecule has 0 saturated carbocycles. The molecule has 0 spiro atoms. The van der Waals surface area contributed by atoms with E-state index in [2.05, 4.69) is 9.71 Å². The van der Waals surface area contributed by atoms with Crippen LogP contribution in [-0.4, -0.2) is 19.9 Å². The summed E-state index contributed by atoms with van der Waals surface area (Å²) < 4.78 is 44.6. The normalized spacial score (nSPS) is 11.9. The first kappa shape index (κ1) is 15.4. The molecule has 2 N–H and O–H groups in total. The van der Waals surface area contributed by atoms with Gasteiger partial charge in [-0.15, -0.1) is 0 Å². The van der Waals surface area contributed by atoms with Crippen molar-refractivity contribution in [2.24, 2.45) is 0 Å². The molecule has 3 rings (SSSR count). The fourth-order valence-electron chi connectivity index (χ4n) is 2.16. The van der Waals surface area contributed by atoms with Crippen LogP contribution in [0.15, 0.2) is 56.6 Å². The van der Waals surface area contributed by atoms with Gasteiger partial charge in [-0.1, -0.05) is 12.1 Å². The van der Waals surface area contributed by atoms with Crippen molar-refractivity contribution in [1.29, 1.82) is 0 Å². The van der Waals surface area contributed by atoms with Crippen LogP contribution in [0.4, 0.5) is 4.39 Å². The van der Waals surface area contributed by atoms with Gasteiger partial charge >= 0.3 is 5.76 Å². The summed E-state index contributed by atoms with van der Waals surface area (Å²) in [6, 6.07) is 9.97. The van der Waals surface area contributed by atoms with Crippen LogP contribution in [0.1, 0.15) is 5.56 Å². The molecular formula is C15H13FN2O4S. The number of fused-ring (bicyclic) bond motifs is 1. The highest BCUT2D eigenvalue weighted by Gasteiger charge is 2.15. The van der Waals surface area contributed by atoms with Gasteiger partial charge in [0, 0.05) is 6.54 Å². The van der Waals surface area contributed by atoms with Crippen molar-refractivity contribution in [1.82, 2.24) is 9.71 Å². The number of nitrogens with one attached hydrogen (secondary N) is 2. The number of rotatable bonds is 5. The Labute approximate surface area is 131 Å². The number of oxazole rings is 1. The van der Waals surface area contributed by atoms with Gasteiger partial charge in [-0.25, -0.2) is 22.3 Å². The fourth-order valence-corrected chi connectivity index (χ4v) is 3.22. The zero-order valence-corrected chi connectivity index (χ0v) is 12.7. The van der Waals surface area contributed by atoms with Crippen LogP contribution in [-0.2, 0) is 16.4 Å². The Hall–Kier alpha value is -2.45. The van der Waals surface area contributed by atoms with Crippen LogP contribution in [0.25, 0.3) is 11.1 Å². The van der Waals surface area contributed by atoms with Crippen molar-refractivity contribution in [2.75, 3.05) is 6.54 Å². The third-order valence-electron chi connectivity index (χ3n) is 3.32. The summed E-state index contributed by atoms with van der Waals surface area (Å²) in [6.07, 6.45) is 0.435. The molecule has 0 unspecified atom stereocenters. The van der Waals surface area contributed by atoms with Crippen LogP contribution in [0, 0.1) is 5.82 Å². The first-order valence-electron chi connectivity index (χ1n) is 6.81. The number of aromatic nitrogens is 1. The SMILES string of the molecule is O=c1[nH]c2cc(S(=O)(=O)NCCc3ccc(F)cc3)ccc2o1. The molecule has 1 heterocycles. The fraction of sp³-hybridized carbons (Fsp3) is 0.133. The number of H-pyrrole nitrogens is 1. The first-order valence-corrected chi connectivity index (χ1v) is 8.29. The van der Waals surface area contributed by atoms with Gasteiger partial charge in [0.1, 0.15) is 5.82 Å². The number of sulfonamides is 1. The van der Waals surface area contributed by atoms with E-state index < -0.39 is 15.8 Å². The number of benzene rings is 2. The Morgan fingerprint density at radius 1 is 1.13 bits per heavy atom. The van der Waals surface area contributed by atoms with E-state index in [0.717, 1.165) is 5.56 Å². The van der Waals surface area contributed by atoms with Crippen molar-refractivity contribution in [3.05, 3.63) is 64.4 Å². The summed E-state index contributed by atoms with van der Waals surface area (Å²) >= 11 is 0. The van der Waals surface area contributed by atoms with Crippen molar-refractivity contribution < 1.29 is 17.2 Å². The van der Waals surface area contributed by atoms with E-state index >= 15 is 0 Å². The second-order valence-electron chi connectivity index (χ2n) is 4.95. The lowest BCUT2D eigenvalue weighted by molar-refractivity contribution is 0.555.